The van der Waals surface area contributed by atoms with Crippen LogP contribution in [0.25, 0.3) is 0 Å². The first-order chi connectivity index (χ1) is 4.74. The van der Waals surface area contributed by atoms with Crippen LogP contribution in [0.5, 0.6) is 0 Å². The first kappa shape index (κ1) is 7.11. The SMILES string of the molecule is NNC1CC=C(N)C=C1N. The molecular weight excluding hydrogens is 128 g/mol. The number of nitrogens with two attached hydrogens (primary N) is 3. The third kappa shape index (κ3) is 1.29. The molecule has 1 rings (SSSR count). The molecule has 4 nitrogen and oxygen atoms in total. The molecule has 0 saturated carbocycles. The Balaban J connectivity index is 2.68. The first-order valence-corrected chi connectivity index (χ1v) is 3.13. The zero-order chi connectivity index (χ0) is 7.56. The topological polar surface area (TPSA) is 90.1 Å². The highest BCUT2D eigenvalue weighted by molar-refractivity contribution is 5.27. The van der Waals surface area contributed by atoms with Gasteiger partial charge in [0.1, 0.15) is 0 Å². The van der Waals surface area contributed by atoms with E-state index in [0.29, 0.717) is 11.4 Å². The molecular formula is C6H12N4. The molecule has 1 aliphatic carbocycles. The predicted octanol–water partition coefficient (Wildman–Crippen LogP) is -1.09. The molecule has 0 aromatic rings. The Morgan fingerprint density at radius 3 is 2.70 bits per heavy atom. The van der Waals surface area contributed by atoms with Crippen molar-refractivity contribution in [1.29, 1.82) is 0 Å². The van der Waals surface area contributed by atoms with Crippen LogP contribution < -0.4 is 22.7 Å². The zero-order valence-electron chi connectivity index (χ0n) is 5.67. The van der Waals surface area contributed by atoms with E-state index in [2.05, 4.69) is 5.43 Å². The number of hydrazine groups is 1. The maximum Gasteiger partial charge on any atom is 0.0640 e. The summed E-state index contributed by atoms with van der Waals surface area (Å²) in [5, 5.41) is 0. The van der Waals surface area contributed by atoms with Crippen LogP contribution in [0.4, 0.5) is 0 Å². The van der Waals surface area contributed by atoms with Crippen LogP contribution in [-0.4, -0.2) is 6.04 Å². The normalized spacial score (nSPS) is 25.5. The second kappa shape index (κ2) is 2.72. The van der Waals surface area contributed by atoms with Gasteiger partial charge in [0.15, 0.2) is 0 Å². The van der Waals surface area contributed by atoms with E-state index >= 15 is 0 Å². The van der Waals surface area contributed by atoms with Gasteiger partial charge in [-0.15, -0.1) is 0 Å². The molecule has 56 valence electrons. The average Bonchev–Trinajstić information content (AvgIpc) is 1.88. The monoisotopic (exact) mass is 140 g/mol. The second-order valence-electron chi connectivity index (χ2n) is 2.30. The number of hydrogen-bond acceptors (Lipinski definition) is 4. The fourth-order valence-electron chi connectivity index (χ4n) is 0.906. The highest BCUT2D eigenvalue weighted by atomic mass is 15.2. The first-order valence-electron chi connectivity index (χ1n) is 3.13. The second-order valence-corrected chi connectivity index (χ2v) is 2.30. The Hall–Kier alpha value is -1.00. The van der Waals surface area contributed by atoms with Gasteiger partial charge in [-0.2, -0.15) is 0 Å². The van der Waals surface area contributed by atoms with Gasteiger partial charge in [0.05, 0.1) is 6.04 Å². The highest BCUT2D eigenvalue weighted by Crippen LogP contribution is 2.09. The van der Waals surface area contributed by atoms with Crippen molar-refractivity contribution >= 4 is 0 Å². The number of rotatable bonds is 1. The van der Waals surface area contributed by atoms with Crippen LogP contribution in [0.3, 0.4) is 0 Å². The zero-order valence-corrected chi connectivity index (χ0v) is 5.67. The molecule has 0 fully saturated rings. The lowest BCUT2D eigenvalue weighted by Gasteiger charge is -2.18. The molecule has 0 bridgehead atoms. The maximum atomic E-state index is 5.58. The third-order valence-corrected chi connectivity index (χ3v) is 1.53. The molecule has 0 aliphatic heterocycles. The summed E-state index contributed by atoms with van der Waals surface area (Å²) in [6, 6.07) is 0.0484. The van der Waals surface area contributed by atoms with Gasteiger partial charge in [0.25, 0.3) is 0 Å². The third-order valence-electron chi connectivity index (χ3n) is 1.53. The molecule has 0 saturated heterocycles. The van der Waals surface area contributed by atoms with Crippen molar-refractivity contribution < 1.29 is 0 Å². The van der Waals surface area contributed by atoms with E-state index < -0.39 is 0 Å². The molecule has 0 radical (unpaired) electrons. The molecule has 7 N–H and O–H groups in total. The molecule has 0 heterocycles. The minimum atomic E-state index is 0.0484. The van der Waals surface area contributed by atoms with Gasteiger partial charge >= 0.3 is 0 Å². The van der Waals surface area contributed by atoms with Crippen LogP contribution >= 0.6 is 0 Å². The maximum absolute atomic E-state index is 5.58. The summed E-state index contributed by atoms with van der Waals surface area (Å²) in [5.41, 5.74) is 15.0. The van der Waals surface area contributed by atoms with E-state index in [4.69, 9.17) is 17.3 Å². The Labute approximate surface area is 59.7 Å². The molecule has 10 heavy (non-hydrogen) atoms. The molecule has 0 amide bonds. The lowest BCUT2D eigenvalue weighted by molar-refractivity contribution is 0.586. The van der Waals surface area contributed by atoms with Gasteiger partial charge in [-0.3, -0.25) is 11.3 Å². The summed E-state index contributed by atoms with van der Waals surface area (Å²) in [6.07, 6.45) is 4.37. The van der Waals surface area contributed by atoms with Crippen LogP contribution in [0.2, 0.25) is 0 Å². The van der Waals surface area contributed by atoms with E-state index in [1.54, 1.807) is 6.08 Å². The van der Waals surface area contributed by atoms with E-state index in [1.807, 2.05) is 6.08 Å². The summed E-state index contributed by atoms with van der Waals surface area (Å²) >= 11 is 0. The molecule has 1 aliphatic rings. The molecule has 4 heteroatoms. The molecule has 1 unspecified atom stereocenters. The van der Waals surface area contributed by atoms with Crippen molar-refractivity contribution in [3.8, 4) is 0 Å². The number of nitrogens with one attached hydrogen (secondary N) is 1. The summed E-state index contributed by atoms with van der Waals surface area (Å²) in [4.78, 5) is 0. The van der Waals surface area contributed by atoms with E-state index in [-0.39, 0.29) is 6.04 Å². The van der Waals surface area contributed by atoms with Gasteiger partial charge in [-0.25, -0.2) is 0 Å². The lowest BCUT2D eigenvalue weighted by atomic mass is 10.0. The Morgan fingerprint density at radius 1 is 1.50 bits per heavy atom. The van der Waals surface area contributed by atoms with Crippen LogP contribution in [0, 0.1) is 0 Å². The van der Waals surface area contributed by atoms with E-state index in [9.17, 15) is 0 Å². The van der Waals surface area contributed by atoms with Crippen molar-refractivity contribution in [3.05, 3.63) is 23.5 Å². The predicted molar refractivity (Wildman–Crippen MR) is 40.3 cm³/mol. The lowest BCUT2D eigenvalue weighted by Crippen LogP contribution is -2.40. The number of allylic oxidation sites excluding steroid dienone is 1. The van der Waals surface area contributed by atoms with Gasteiger partial charge < -0.3 is 11.5 Å². The molecule has 0 aromatic carbocycles. The van der Waals surface area contributed by atoms with Gasteiger partial charge in [0.2, 0.25) is 0 Å². The summed E-state index contributed by atoms with van der Waals surface area (Å²) in [5.74, 6) is 5.20. The van der Waals surface area contributed by atoms with E-state index in [0.717, 1.165) is 6.42 Å². The molecule has 1 atom stereocenters. The minimum absolute atomic E-state index is 0.0484. The van der Waals surface area contributed by atoms with Crippen molar-refractivity contribution in [3.63, 3.8) is 0 Å². The molecule has 0 spiro atoms. The highest BCUT2D eigenvalue weighted by Gasteiger charge is 2.11. The van der Waals surface area contributed by atoms with Crippen molar-refractivity contribution in [2.45, 2.75) is 12.5 Å². The minimum Gasteiger partial charge on any atom is -0.401 e. The van der Waals surface area contributed by atoms with Crippen LogP contribution in [-0.2, 0) is 0 Å². The van der Waals surface area contributed by atoms with Gasteiger partial charge in [0, 0.05) is 11.4 Å². The van der Waals surface area contributed by atoms with Crippen molar-refractivity contribution in [2.75, 3.05) is 0 Å². The fraction of sp³-hybridized carbons (Fsp3) is 0.333. The van der Waals surface area contributed by atoms with Gasteiger partial charge in [-0.05, 0) is 12.5 Å². The fourth-order valence-corrected chi connectivity index (χ4v) is 0.906. The quantitative estimate of drug-likeness (QED) is 0.275. The average molecular weight is 140 g/mol. The Kier molecular flexibility index (Phi) is 1.94. The smallest absolute Gasteiger partial charge is 0.0640 e. The van der Waals surface area contributed by atoms with E-state index in [1.165, 1.54) is 0 Å². The number of hydrogen-bond donors (Lipinski definition) is 4. The van der Waals surface area contributed by atoms with Crippen LogP contribution in [0.1, 0.15) is 6.42 Å². The molecule has 0 aromatic heterocycles. The summed E-state index contributed by atoms with van der Waals surface area (Å²) in [7, 11) is 0. The Morgan fingerprint density at radius 2 is 2.20 bits per heavy atom. The van der Waals surface area contributed by atoms with Gasteiger partial charge in [-0.1, -0.05) is 6.08 Å². The standard InChI is InChI=1S/C6H12N4/c7-4-1-2-6(10-9)5(8)3-4/h1,3,6,10H,2,7-9H2. The largest absolute Gasteiger partial charge is 0.401 e. The van der Waals surface area contributed by atoms with Crippen molar-refractivity contribution in [1.82, 2.24) is 5.43 Å². The Bertz CT molecular complexity index is 182. The van der Waals surface area contributed by atoms with Crippen LogP contribution in [0.15, 0.2) is 23.5 Å². The summed E-state index contributed by atoms with van der Waals surface area (Å²) in [6.45, 7) is 0. The summed E-state index contributed by atoms with van der Waals surface area (Å²) < 4.78 is 0. The van der Waals surface area contributed by atoms with Crippen molar-refractivity contribution in [2.24, 2.45) is 17.3 Å².